The minimum absolute atomic E-state index is 0.0354. The predicted octanol–water partition coefficient (Wildman–Crippen LogP) is 6.74. The Morgan fingerprint density at radius 2 is 1.37 bits per heavy atom. The van der Waals surface area contributed by atoms with E-state index in [2.05, 4.69) is 30.5 Å². The molecule has 0 spiro atoms. The fourth-order valence-electron chi connectivity index (χ4n) is 4.98. The van der Waals surface area contributed by atoms with Crippen LogP contribution in [0.1, 0.15) is 28.6 Å². The van der Waals surface area contributed by atoms with Crippen LogP contribution in [0.3, 0.4) is 0 Å². The monoisotopic (exact) mass is 623 g/mol. The van der Waals surface area contributed by atoms with Crippen molar-refractivity contribution < 1.29 is 13.2 Å². The molecular weight excluding hydrogens is 595 g/mol. The Balaban J connectivity index is 1.39. The molecule has 0 radical (unpaired) electrons. The Hall–Kier alpha value is -4.06. The second-order valence-electron chi connectivity index (χ2n) is 10.1. The second-order valence-corrected chi connectivity index (χ2v) is 10.9. The SMILES string of the molecule is Cc1cc(C)nc(N/C(=N/C(=S)Nc2ccc(F)c(Cl)c2)N2CCN(C(c3ccc(F)cc3)c3ccc(F)cc3)CC2)n1. The van der Waals surface area contributed by atoms with Crippen LogP contribution in [0.2, 0.25) is 5.02 Å². The number of piperazine rings is 1. The normalized spacial score (nSPS) is 14.2. The van der Waals surface area contributed by atoms with E-state index >= 15 is 0 Å². The fourth-order valence-corrected chi connectivity index (χ4v) is 5.36. The van der Waals surface area contributed by atoms with Gasteiger partial charge in [-0.05, 0) is 85.7 Å². The lowest BCUT2D eigenvalue weighted by atomic mass is 9.96. The zero-order valence-electron chi connectivity index (χ0n) is 23.5. The smallest absolute Gasteiger partial charge is 0.229 e. The number of hydrogen-bond acceptors (Lipinski definition) is 4. The van der Waals surface area contributed by atoms with Gasteiger partial charge in [-0.3, -0.25) is 10.2 Å². The molecule has 0 unspecified atom stereocenters. The zero-order valence-corrected chi connectivity index (χ0v) is 25.1. The van der Waals surface area contributed by atoms with Crippen molar-refractivity contribution in [1.82, 2.24) is 19.8 Å². The van der Waals surface area contributed by atoms with Gasteiger partial charge in [-0.25, -0.2) is 23.1 Å². The number of anilines is 2. The molecule has 1 aromatic heterocycles. The van der Waals surface area contributed by atoms with Crippen molar-refractivity contribution >= 4 is 46.5 Å². The molecule has 5 rings (SSSR count). The summed E-state index contributed by atoms with van der Waals surface area (Å²) in [5, 5.41) is 6.30. The molecule has 1 saturated heterocycles. The first-order valence-electron chi connectivity index (χ1n) is 13.6. The molecule has 1 fully saturated rings. The molecule has 43 heavy (non-hydrogen) atoms. The highest BCUT2D eigenvalue weighted by molar-refractivity contribution is 7.80. The summed E-state index contributed by atoms with van der Waals surface area (Å²) < 4.78 is 41.2. The number of nitrogens with zero attached hydrogens (tertiary/aromatic N) is 5. The van der Waals surface area contributed by atoms with E-state index in [1.807, 2.05) is 24.8 Å². The van der Waals surface area contributed by atoms with E-state index in [0.717, 1.165) is 22.5 Å². The third kappa shape index (κ3) is 7.86. The zero-order chi connectivity index (χ0) is 30.5. The maximum Gasteiger partial charge on any atom is 0.229 e. The quantitative estimate of drug-likeness (QED) is 0.145. The highest BCUT2D eigenvalue weighted by Gasteiger charge is 2.28. The first-order chi connectivity index (χ1) is 20.6. The molecular formula is C31H29ClF3N7S. The molecule has 7 nitrogen and oxygen atoms in total. The summed E-state index contributed by atoms with van der Waals surface area (Å²) in [6, 6.07) is 18.6. The number of halogens is 4. The summed E-state index contributed by atoms with van der Waals surface area (Å²) in [5.41, 5.74) is 3.89. The van der Waals surface area contributed by atoms with Crippen LogP contribution >= 0.6 is 23.8 Å². The van der Waals surface area contributed by atoms with Crippen molar-refractivity contribution in [3.8, 4) is 0 Å². The molecule has 0 saturated carbocycles. The predicted molar refractivity (Wildman–Crippen MR) is 168 cm³/mol. The van der Waals surface area contributed by atoms with Gasteiger partial charge in [0.1, 0.15) is 17.5 Å². The molecule has 4 aromatic rings. The van der Waals surface area contributed by atoms with Crippen LogP contribution in [0, 0.1) is 31.3 Å². The topological polar surface area (TPSA) is 68.7 Å². The number of hydrogen-bond donors (Lipinski definition) is 2. The maximum absolute atomic E-state index is 13.8. The Morgan fingerprint density at radius 1 is 0.814 bits per heavy atom. The van der Waals surface area contributed by atoms with Gasteiger partial charge in [-0.1, -0.05) is 35.9 Å². The van der Waals surface area contributed by atoms with Crippen LogP contribution in [0.25, 0.3) is 0 Å². The molecule has 2 N–H and O–H groups in total. The molecule has 1 aliphatic rings. The molecule has 0 atom stereocenters. The lowest BCUT2D eigenvalue weighted by molar-refractivity contribution is 0.150. The molecule has 0 amide bonds. The number of aromatic nitrogens is 2. The van der Waals surface area contributed by atoms with Gasteiger partial charge in [0.25, 0.3) is 0 Å². The van der Waals surface area contributed by atoms with Gasteiger partial charge >= 0.3 is 0 Å². The van der Waals surface area contributed by atoms with Crippen LogP contribution in [0.4, 0.5) is 24.8 Å². The summed E-state index contributed by atoms with van der Waals surface area (Å²) in [5.74, 6) is -0.357. The number of benzene rings is 3. The van der Waals surface area contributed by atoms with Gasteiger partial charge in [-0.15, -0.1) is 0 Å². The molecule has 1 aliphatic heterocycles. The number of nitrogens with one attached hydrogen (secondary N) is 2. The van der Waals surface area contributed by atoms with Crippen molar-refractivity contribution in [2.24, 2.45) is 4.99 Å². The number of aryl methyl sites for hydroxylation is 2. The van der Waals surface area contributed by atoms with Gasteiger partial charge in [0.15, 0.2) is 0 Å². The number of rotatable bonds is 5. The number of thiocarbonyl (C=S) groups is 1. The van der Waals surface area contributed by atoms with Gasteiger partial charge in [0.05, 0.1) is 11.1 Å². The van der Waals surface area contributed by atoms with E-state index in [1.54, 1.807) is 24.3 Å². The Kier molecular flexibility index (Phi) is 9.54. The van der Waals surface area contributed by atoms with E-state index in [1.165, 1.54) is 42.5 Å². The van der Waals surface area contributed by atoms with E-state index in [0.29, 0.717) is 43.8 Å². The van der Waals surface area contributed by atoms with Crippen LogP contribution in [0.5, 0.6) is 0 Å². The van der Waals surface area contributed by atoms with Crippen LogP contribution in [-0.4, -0.2) is 57.0 Å². The van der Waals surface area contributed by atoms with Crippen molar-refractivity contribution in [3.05, 3.63) is 118 Å². The van der Waals surface area contributed by atoms with Crippen LogP contribution in [0.15, 0.2) is 77.8 Å². The summed E-state index contributed by atoms with van der Waals surface area (Å²) in [6.07, 6.45) is 0. The second kappa shape index (κ2) is 13.5. The maximum atomic E-state index is 13.8. The molecule has 222 valence electrons. The minimum atomic E-state index is -0.534. The van der Waals surface area contributed by atoms with Crippen molar-refractivity contribution in [1.29, 1.82) is 0 Å². The van der Waals surface area contributed by atoms with Crippen LogP contribution in [-0.2, 0) is 0 Å². The highest BCUT2D eigenvalue weighted by Crippen LogP contribution is 2.30. The average molecular weight is 624 g/mol. The van der Waals surface area contributed by atoms with E-state index in [4.69, 9.17) is 23.8 Å². The van der Waals surface area contributed by atoms with E-state index < -0.39 is 5.82 Å². The van der Waals surface area contributed by atoms with Crippen molar-refractivity contribution in [2.75, 3.05) is 36.8 Å². The summed E-state index contributed by atoms with van der Waals surface area (Å²) in [6.45, 7) is 6.10. The molecule has 0 bridgehead atoms. The molecule has 3 aromatic carbocycles. The fraction of sp³-hybridized carbons (Fsp3) is 0.226. The number of guanidine groups is 1. The van der Waals surface area contributed by atoms with Crippen molar-refractivity contribution in [3.63, 3.8) is 0 Å². The summed E-state index contributed by atoms with van der Waals surface area (Å²) >= 11 is 11.5. The first-order valence-corrected chi connectivity index (χ1v) is 14.4. The average Bonchev–Trinajstić information content (AvgIpc) is 2.97. The minimum Gasteiger partial charge on any atom is -0.340 e. The molecule has 2 heterocycles. The number of aliphatic imine (C=N–C) groups is 1. The Bertz CT molecular complexity index is 1560. The summed E-state index contributed by atoms with van der Waals surface area (Å²) in [7, 11) is 0. The molecule has 0 aliphatic carbocycles. The lowest BCUT2D eigenvalue weighted by Gasteiger charge is -2.40. The molecule has 12 heteroatoms. The van der Waals surface area contributed by atoms with Gasteiger partial charge in [-0.2, -0.15) is 4.99 Å². The Labute approximate surface area is 258 Å². The van der Waals surface area contributed by atoms with Crippen LogP contribution < -0.4 is 10.6 Å². The van der Waals surface area contributed by atoms with Gasteiger partial charge < -0.3 is 10.2 Å². The standard InChI is InChI=1S/C31H29ClF3N7S/c1-19-17-20(2)37-29(36-19)39-30(40-31(43)38-25-11-12-27(35)26(32)18-25)42-15-13-41(14-16-42)28(21-3-7-23(33)8-4-21)22-5-9-24(34)10-6-22/h3-12,17-18,28H,13-16H2,1-2H3,(H2,36,37,38,39,40,43). The van der Waals surface area contributed by atoms with Gasteiger partial charge in [0, 0.05) is 43.3 Å². The third-order valence-electron chi connectivity index (χ3n) is 6.93. The van der Waals surface area contributed by atoms with Crippen molar-refractivity contribution in [2.45, 2.75) is 19.9 Å². The largest absolute Gasteiger partial charge is 0.340 e. The third-order valence-corrected chi connectivity index (χ3v) is 7.42. The van der Waals surface area contributed by atoms with E-state index in [-0.39, 0.29) is 27.8 Å². The van der Waals surface area contributed by atoms with Gasteiger partial charge in [0.2, 0.25) is 17.0 Å². The lowest BCUT2D eigenvalue weighted by Crippen LogP contribution is -2.52. The first kappa shape index (κ1) is 30.4. The summed E-state index contributed by atoms with van der Waals surface area (Å²) in [4.78, 5) is 17.9. The van der Waals surface area contributed by atoms with E-state index in [9.17, 15) is 13.2 Å². The highest BCUT2D eigenvalue weighted by atomic mass is 35.5. The Morgan fingerprint density at radius 3 is 1.91 bits per heavy atom.